The van der Waals surface area contributed by atoms with E-state index >= 15 is 0 Å². The lowest BCUT2D eigenvalue weighted by Crippen LogP contribution is -2.33. The minimum absolute atomic E-state index is 0.117. The zero-order valence-corrected chi connectivity index (χ0v) is 29.6. The normalized spacial score (nSPS) is 16.5. The van der Waals surface area contributed by atoms with Crippen LogP contribution in [0.15, 0.2) is 57.9 Å². The van der Waals surface area contributed by atoms with Gasteiger partial charge in [-0.25, -0.2) is 9.86 Å². The van der Waals surface area contributed by atoms with Crippen molar-refractivity contribution in [2.75, 3.05) is 40.3 Å². The second-order valence-electron chi connectivity index (χ2n) is 10.4. The number of rotatable bonds is 14. The largest absolute Gasteiger partial charge is 0.493 e. The second-order valence-corrected chi connectivity index (χ2v) is 14.1. The quantitative estimate of drug-likeness (QED) is 0.0731. The molecule has 0 aliphatic carbocycles. The van der Waals surface area contributed by atoms with E-state index in [0.717, 1.165) is 39.8 Å². The smallest absolute Gasteiger partial charge is 0.345 e. The molecule has 2 amide bonds. The van der Waals surface area contributed by atoms with Crippen LogP contribution in [-0.4, -0.2) is 56.7 Å². The third kappa shape index (κ3) is 8.87. The maximum absolute atomic E-state index is 13.0. The number of unbranched alkanes of at least 4 members (excludes halogenated alkanes) is 1. The van der Waals surface area contributed by atoms with Crippen molar-refractivity contribution in [2.24, 2.45) is 0 Å². The van der Waals surface area contributed by atoms with Gasteiger partial charge in [0.15, 0.2) is 23.0 Å². The summed E-state index contributed by atoms with van der Waals surface area (Å²) in [7, 11) is 6.41. The van der Waals surface area contributed by atoms with E-state index in [1.165, 1.54) is 11.8 Å². The van der Waals surface area contributed by atoms with Crippen molar-refractivity contribution in [2.45, 2.75) is 60.4 Å². The Bertz CT molecular complexity index is 1440. The van der Waals surface area contributed by atoms with Crippen LogP contribution >= 0.6 is 39.5 Å². The highest BCUT2D eigenvalue weighted by molar-refractivity contribution is 9.10. The van der Waals surface area contributed by atoms with Crippen LogP contribution in [0.2, 0.25) is 0 Å². The van der Waals surface area contributed by atoms with Gasteiger partial charge < -0.3 is 29.0 Å². The fourth-order valence-corrected chi connectivity index (χ4v) is 8.06. The first kappa shape index (κ1) is 34.9. The lowest BCUT2D eigenvalue weighted by molar-refractivity contribution is -0.0379. The number of carbonyl (C=O) groups is 1. The number of hydrogen-bond acceptors (Lipinski definition) is 9. The van der Waals surface area contributed by atoms with Gasteiger partial charge in [-0.15, -0.1) is 11.8 Å². The Labute approximate surface area is 282 Å². The molecule has 9 nitrogen and oxygen atoms in total. The molecule has 0 bridgehead atoms. The van der Waals surface area contributed by atoms with Crippen LogP contribution in [0.25, 0.3) is 0 Å². The van der Waals surface area contributed by atoms with Gasteiger partial charge >= 0.3 is 6.03 Å². The highest BCUT2D eigenvalue weighted by Gasteiger charge is 2.31. The zero-order chi connectivity index (χ0) is 32.5. The predicted molar refractivity (Wildman–Crippen MR) is 184 cm³/mol. The number of methoxy groups -OCH3 is 4. The first-order chi connectivity index (χ1) is 21.7. The van der Waals surface area contributed by atoms with Gasteiger partial charge in [0.05, 0.1) is 40.7 Å². The Morgan fingerprint density at radius 2 is 1.58 bits per heavy atom. The number of benzene rings is 3. The average molecular weight is 722 g/mol. The van der Waals surface area contributed by atoms with Crippen molar-refractivity contribution in [3.63, 3.8) is 0 Å². The monoisotopic (exact) mass is 720 g/mol. The molecule has 0 spiro atoms. The number of anilines is 1. The van der Waals surface area contributed by atoms with E-state index in [9.17, 15) is 10.0 Å². The molecule has 1 aliphatic heterocycles. The fraction of sp³-hybridized carbons (Fsp3) is 0.424. The van der Waals surface area contributed by atoms with Crippen molar-refractivity contribution in [1.82, 2.24) is 5.06 Å². The van der Waals surface area contributed by atoms with Crippen LogP contribution in [0.5, 0.6) is 28.7 Å². The van der Waals surface area contributed by atoms with Gasteiger partial charge in [-0.3, -0.25) is 5.21 Å². The summed E-state index contributed by atoms with van der Waals surface area (Å²) >= 11 is 6.89. The van der Waals surface area contributed by atoms with Crippen LogP contribution < -0.4 is 29.0 Å². The fourth-order valence-electron chi connectivity index (χ4n) is 5.10. The summed E-state index contributed by atoms with van der Waals surface area (Å²) in [5.41, 5.74) is 2.19. The van der Waals surface area contributed by atoms with Crippen molar-refractivity contribution in [1.29, 1.82) is 0 Å². The van der Waals surface area contributed by atoms with Crippen LogP contribution in [0, 0.1) is 0 Å². The minimum Gasteiger partial charge on any atom is -0.493 e. The molecule has 12 heteroatoms. The summed E-state index contributed by atoms with van der Waals surface area (Å²) in [6.45, 7) is 4.17. The summed E-state index contributed by atoms with van der Waals surface area (Å²) in [5.74, 6) is 2.70. The Morgan fingerprint density at radius 3 is 2.13 bits per heavy atom. The SMILES string of the molecule is CCCCN(O)C(=O)Nc1cc(C2CCC(c3cc(OC)c(OC)c(OC)c3)S2)cc(OC)c1OC(C)Sc1cccc(Br)c1. The summed E-state index contributed by atoms with van der Waals surface area (Å²) < 4.78 is 29.9. The molecular weight excluding hydrogens is 680 g/mol. The summed E-state index contributed by atoms with van der Waals surface area (Å²) in [5, 5.41) is 14.3. The minimum atomic E-state index is -0.630. The number of nitrogens with zero attached hydrogens (tertiary/aromatic N) is 1. The van der Waals surface area contributed by atoms with E-state index in [0.29, 0.717) is 45.9 Å². The number of thioether (sulfide) groups is 2. The molecule has 3 aromatic rings. The highest BCUT2D eigenvalue weighted by Crippen LogP contribution is 2.56. The van der Waals surface area contributed by atoms with Gasteiger partial charge in [0.1, 0.15) is 5.44 Å². The number of carbonyl (C=O) groups excluding carboxylic acids is 1. The summed E-state index contributed by atoms with van der Waals surface area (Å²) in [4.78, 5) is 14.1. The number of hydroxylamine groups is 2. The Hall–Kier alpha value is -2.93. The lowest BCUT2D eigenvalue weighted by Gasteiger charge is -2.23. The Morgan fingerprint density at radius 1 is 0.978 bits per heavy atom. The number of amides is 2. The molecular formula is C33H41BrN2O7S2. The molecule has 2 N–H and O–H groups in total. The van der Waals surface area contributed by atoms with Crippen LogP contribution in [-0.2, 0) is 0 Å². The van der Waals surface area contributed by atoms with Gasteiger partial charge in [0, 0.05) is 19.9 Å². The first-order valence-electron chi connectivity index (χ1n) is 14.7. The molecule has 0 radical (unpaired) electrons. The predicted octanol–water partition coefficient (Wildman–Crippen LogP) is 9.33. The molecule has 4 rings (SSSR count). The van der Waals surface area contributed by atoms with Gasteiger partial charge in [-0.05, 0) is 79.8 Å². The molecule has 3 unspecified atom stereocenters. The summed E-state index contributed by atoms with van der Waals surface area (Å²) in [6.07, 6.45) is 3.36. The van der Waals surface area contributed by atoms with E-state index in [1.807, 2.05) is 74.1 Å². The number of urea groups is 1. The van der Waals surface area contributed by atoms with E-state index < -0.39 is 6.03 Å². The van der Waals surface area contributed by atoms with Crippen molar-refractivity contribution in [3.05, 3.63) is 64.1 Å². The van der Waals surface area contributed by atoms with Crippen molar-refractivity contribution < 1.29 is 33.7 Å². The van der Waals surface area contributed by atoms with Gasteiger partial charge in [-0.2, -0.15) is 0 Å². The molecule has 3 aromatic carbocycles. The molecule has 3 atom stereocenters. The lowest BCUT2D eigenvalue weighted by atomic mass is 10.0. The number of ether oxygens (including phenoxy) is 5. The van der Waals surface area contributed by atoms with E-state index in [4.69, 9.17) is 23.7 Å². The van der Waals surface area contributed by atoms with Crippen LogP contribution in [0.4, 0.5) is 10.5 Å². The molecule has 1 aliphatic rings. The Kier molecular flexibility index (Phi) is 12.9. The molecule has 0 aromatic heterocycles. The van der Waals surface area contributed by atoms with Crippen LogP contribution in [0.1, 0.15) is 61.2 Å². The van der Waals surface area contributed by atoms with Crippen molar-refractivity contribution >= 4 is 51.2 Å². The van der Waals surface area contributed by atoms with Gasteiger partial charge in [-0.1, -0.05) is 47.1 Å². The third-order valence-corrected chi connectivity index (χ3v) is 10.4. The first-order valence-corrected chi connectivity index (χ1v) is 17.4. The molecule has 45 heavy (non-hydrogen) atoms. The summed E-state index contributed by atoms with van der Waals surface area (Å²) in [6, 6.07) is 15.2. The number of nitrogens with one attached hydrogen (secondary N) is 1. The average Bonchev–Trinajstić information content (AvgIpc) is 3.54. The molecule has 1 fully saturated rings. The van der Waals surface area contributed by atoms with E-state index in [2.05, 4.69) is 21.2 Å². The molecule has 1 saturated heterocycles. The standard InChI is InChI=1S/C33H41BrN2O7S2/c1-7-8-14-36(38)33(37)35-25-15-21(16-26(39-3)31(25)43-20(2)44-24-11-9-10-23(34)19-24)29-12-13-30(45-29)22-17-27(40-4)32(42-6)28(18-22)41-5/h9-11,15-20,29-30,38H,7-8,12-14H2,1-6H3,(H,35,37). The maximum atomic E-state index is 13.0. The second kappa shape index (κ2) is 16.6. The van der Waals surface area contributed by atoms with Gasteiger partial charge in [0.2, 0.25) is 5.75 Å². The number of hydrogen-bond donors (Lipinski definition) is 2. The van der Waals surface area contributed by atoms with E-state index in [-0.39, 0.29) is 22.5 Å². The van der Waals surface area contributed by atoms with Crippen molar-refractivity contribution in [3.8, 4) is 28.7 Å². The number of halogens is 1. The Balaban J connectivity index is 1.64. The topological polar surface area (TPSA) is 98.7 Å². The van der Waals surface area contributed by atoms with Crippen LogP contribution in [0.3, 0.4) is 0 Å². The zero-order valence-electron chi connectivity index (χ0n) is 26.4. The maximum Gasteiger partial charge on any atom is 0.345 e. The van der Waals surface area contributed by atoms with Gasteiger partial charge in [0.25, 0.3) is 0 Å². The highest BCUT2D eigenvalue weighted by atomic mass is 79.9. The third-order valence-electron chi connectivity index (χ3n) is 7.33. The molecule has 1 heterocycles. The molecule has 0 saturated carbocycles. The molecule has 244 valence electrons. The van der Waals surface area contributed by atoms with E-state index in [1.54, 1.807) is 28.4 Å².